The lowest BCUT2D eigenvalue weighted by Gasteiger charge is -2.43. The molecular formula is C25H32N4O2. The quantitative estimate of drug-likeness (QED) is 0.695. The van der Waals surface area contributed by atoms with Gasteiger partial charge < -0.3 is 14.5 Å². The Morgan fingerprint density at radius 1 is 1.23 bits per heavy atom. The van der Waals surface area contributed by atoms with Gasteiger partial charge >= 0.3 is 0 Å². The summed E-state index contributed by atoms with van der Waals surface area (Å²) in [4.78, 5) is 22.2. The fourth-order valence-electron chi connectivity index (χ4n) is 5.04. The van der Waals surface area contributed by atoms with Gasteiger partial charge in [0.15, 0.2) is 0 Å². The first kappa shape index (κ1) is 20.5. The molecule has 31 heavy (non-hydrogen) atoms. The van der Waals surface area contributed by atoms with E-state index >= 15 is 0 Å². The molecule has 2 saturated carbocycles. The van der Waals surface area contributed by atoms with Crippen LogP contribution in [0.1, 0.15) is 74.8 Å². The number of rotatable bonds is 4. The Bertz CT molecular complexity index is 984. The van der Waals surface area contributed by atoms with Crippen LogP contribution >= 0.6 is 0 Å². The number of fused-ring (bicyclic) bond motifs is 1. The molecule has 2 aliphatic carbocycles. The zero-order chi connectivity index (χ0) is 21.9. The molecule has 1 aromatic rings. The molecular weight excluding hydrogens is 388 g/mol. The first-order valence-corrected chi connectivity index (χ1v) is 11.6. The van der Waals surface area contributed by atoms with E-state index in [1.807, 2.05) is 11.8 Å². The zero-order valence-electron chi connectivity index (χ0n) is 18.9. The Morgan fingerprint density at radius 2 is 1.97 bits per heavy atom. The number of hydrogen-bond donors (Lipinski definition) is 0. The monoisotopic (exact) mass is 420 g/mol. The van der Waals surface area contributed by atoms with Gasteiger partial charge in [-0.15, -0.1) is 0 Å². The van der Waals surface area contributed by atoms with Gasteiger partial charge in [0, 0.05) is 43.5 Å². The van der Waals surface area contributed by atoms with E-state index < -0.39 is 0 Å². The number of carbonyl (C=O) groups excluding carboxylic acids is 1. The van der Waals surface area contributed by atoms with Crippen LogP contribution in [0.3, 0.4) is 0 Å². The van der Waals surface area contributed by atoms with Crippen LogP contribution in [0.4, 0.5) is 5.82 Å². The summed E-state index contributed by atoms with van der Waals surface area (Å²) in [5, 5.41) is 10.2. The second-order valence-corrected chi connectivity index (χ2v) is 10.4. The molecule has 5 rings (SSSR count). The van der Waals surface area contributed by atoms with Gasteiger partial charge in [-0.1, -0.05) is 12.2 Å². The average Bonchev–Trinajstić information content (AvgIpc) is 3.63. The van der Waals surface area contributed by atoms with Gasteiger partial charge in [-0.3, -0.25) is 4.79 Å². The van der Waals surface area contributed by atoms with Crippen molar-refractivity contribution >= 4 is 11.7 Å². The van der Waals surface area contributed by atoms with Crippen LogP contribution in [0.25, 0.3) is 0 Å². The lowest BCUT2D eigenvalue weighted by molar-refractivity contribution is -0.134. The number of nitriles is 1. The number of pyridine rings is 1. The van der Waals surface area contributed by atoms with Gasteiger partial charge in [-0.25, -0.2) is 4.98 Å². The highest BCUT2D eigenvalue weighted by Crippen LogP contribution is 2.46. The standard InChI is InChI=1S/C25H32N4O2/c1-15(2)21-13-28(9-10-29(21)24(30)17-7-8-17)23-19(12-26)18-11-25(3,4)31-14-20(18)22(27-23)16-5-6-16/h16-17,21H,1,5-11,13-14H2,2-4H3. The van der Waals surface area contributed by atoms with Gasteiger partial charge in [0.25, 0.3) is 0 Å². The van der Waals surface area contributed by atoms with E-state index in [2.05, 4.69) is 31.4 Å². The normalized spacial score (nSPS) is 25.0. The maximum absolute atomic E-state index is 12.8. The third-order valence-corrected chi connectivity index (χ3v) is 7.17. The Hall–Kier alpha value is -2.39. The highest BCUT2D eigenvalue weighted by Gasteiger charge is 2.41. The largest absolute Gasteiger partial charge is 0.370 e. The average molecular weight is 421 g/mol. The second kappa shape index (κ2) is 7.34. The zero-order valence-corrected chi connectivity index (χ0v) is 18.9. The lowest BCUT2D eigenvalue weighted by Crippen LogP contribution is -2.56. The van der Waals surface area contributed by atoms with Crippen LogP contribution < -0.4 is 4.90 Å². The van der Waals surface area contributed by atoms with Crippen molar-refractivity contribution < 1.29 is 9.53 Å². The fraction of sp³-hybridized carbons (Fsp3) is 0.640. The Morgan fingerprint density at radius 3 is 2.58 bits per heavy atom. The van der Waals surface area contributed by atoms with Crippen LogP contribution in [-0.4, -0.2) is 47.1 Å². The number of anilines is 1. The van der Waals surface area contributed by atoms with Crippen LogP contribution in [0.2, 0.25) is 0 Å². The minimum absolute atomic E-state index is 0.0321. The van der Waals surface area contributed by atoms with Gasteiger partial charge in [-0.2, -0.15) is 5.26 Å². The third-order valence-electron chi connectivity index (χ3n) is 7.17. The molecule has 0 spiro atoms. The van der Waals surface area contributed by atoms with Crippen molar-refractivity contribution in [3.63, 3.8) is 0 Å². The molecule has 1 aromatic heterocycles. The molecule has 1 amide bonds. The molecule has 0 bridgehead atoms. The van der Waals surface area contributed by atoms with Crippen molar-refractivity contribution in [3.8, 4) is 6.07 Å². The van der Waals surface area contributed by atoms with Crippen molar-refractivity contribution in [2.24, 2.45) is 5.92 Å². The summed E-state index contributed by atoms with van der Waals surface area (Å²) in [6, 6.07) is 2.46. The van der Waals surface area contributed by atoms with Crippen molar-refractivity contribution in [1.29, 1.82) is 5.26 Å². The molecule has 0 radical (unpaired) electrons. The topological polar surface area (TPSA) is 69.5 Å². The van der Waals surface area contributed by atoms with Crippen LogP contribution in [0, 0.1) is 17.2 Å². The maximum Gasteiger partial charge on any atom is 0.226 e. The first-order chi connectivity index (χ1) is 14.8. The first-order valence-electron chi connectivity index (χ1n) is 11.6. The van der Waals surface area contributed by atoms with E-state index in [4.69, 9.17) is 9.72 Å². The molecule has 0 N–H and O–H groups in total. The Balaban J connectivity index is 1.53. The Kier molecular flexibility index (Phi) is 4.86. The van der Waals surface area contributed by atoms with E-state index in [-0.39, 0.29) is 23.5 Å². The second-order valence-electron chi connectivity index (χ2n) is 10.4. The van der Waals surface area contributed by atoms with Crippen LogP contribution in [-0.2, 0) is 22.6 Å². The number of nitrogens with zero attached hydrogens (tertiary/aromatic N) is 4. The van der Waals surface area contributed by atoms with E-state index in [1.54, 1.807) is 0 Å². The summed E-state index contributed by atoms with van der Waals surface area (Å²) in [7, 11) is 0. The molecule has 1 atom stereocenters. The smallest absolute Gasteiger partial charge is 0.226 e. The minimum Gasteiger partial charge on any atom is -0.370 e. The van der Waals surface area contributed by atoms with Gasteiger partial charge in [0.2, 0.25) is 5.91 Å². The maximum atomic E-state index is 12.8. The molecule has 3 fully saturated rings. The summed E-state index contributed by atoms with van der Waals surface area (Å²) < 4.78 is 6.09. The van der Waals surface area contributed by atoms with E-state index in [1.165, 1.54) is 0 Å². The molecule has 164 valence electrons. The summed E-state index contributed by atoms with van der Waals surface area (Å²) in [5.74, 6) is 1.75. The lowest BCUT2D eigenvalue weighted by atomic mass is 9.87. The highest BCUT2D eigenvalue weighted by atomic mass is 16.5. The van der Waals surface area contributed by atoms with E-state index in [0.29, 0.717) is 37.7 Å². The molecule has 1 saturated heterocycles. The number of amides is 1. The SMILES string of the molecule is C=C(C)C1CN(c2nc(C3CC3)c3c(c2C#N)CC(C)(C)OC3)CCN1C(=O)C1CC1. The summed E-state index contributed by atoms with van der Waals surface area (Å²) in [6.07, 6.45) is 5.06. The van der Waals surface area contributed by atoms with Gasteiger partial charge in [0.05, 0.1) is 29.5 Å². The number of piperazine rings is 1. The molecule has 6 nitrogen and oxygen atoms in total. The van der Waals surface area contributed by atoms with Gasteiger partial charge in [-0.05, 0) is 52.0 Å². The number of carbonyl (C=O) groups is 1. The number of ether oxygens (including phenoxy) is 1. The van der Waals surface area contributed by atoms with Gasteiger partial charge in [0.1, 0.15) is 11.9 Å². The molecule has 4 aliphatic rings. The van der Waals surface area contributed by atoms with Crippen molar-refractivity contribution in [3.05, 3.63) is 34.5 Å². The van der Waals surface area contributed by atoms with Crippen molar-refractivity contribution in [1.82, 2.24) is 9.88 Å². The Labute approximate surface area is 184 Å². The fourth-order valence-corrected chi connectivity index (χ4v) is 5.04. The van der Waals surface area contributed by atoms with E-state index in [0.717, 1.165) is 60.3 Å². The van der Waals surface area contributed by atoms with Crippen molar-refractivity contribution in [2.75, 3.05) is 24.5 Å². The molecule has 2 aliphatic heterocycles. The molecule has 0 aromatic carbocycles. The summed E-state index contributed by atoms with van der Waals surface area (Å²) in [6.45, 7) is 12.9. The van der Waals surface area contributed by atoms with Crippen molar-refractivity contribution in [2.45, 2.75) is 77.0 Å². The minimum atomic E-state index is -0.284. The molecule has 6 heteroatoms. The van der Waals surface area contributed by atoms with Crippen LogP contribution in [0.15, 0.2) is 12.2 Å². The summed E-state index contributed by atoms with van der Waals surface area (Å²) in [5.41, 5.74) is 4.79. The highest BCUT2D eigenvalue weighted by molar-refractivity contribution is 5.82. The predicted molar refractivity (Wildman–Crippen MR) is 119 cm³/mol. The molecule has 3 heterocycles. The molecule has 1 unspecified atom stereocenters. The van der Waals surface area contributed by atoms with E-state index in [9.17, 15) is 10.1 Å². The number of aromatic nitrogens is 1. The predicted octanol–water partition coefficient (Wildman–Crippen LogP) is 3.69. The summed E-state index contributed by atoms with van der Waals surface area (Å²) >= 11 is 0. The van der Waals surface area contributed by atoms with Crippen LogP contribution in [0.5, 0.6) is 0 Å². The third kappa shape index (κ3) is 3.74. The number of hydrogen-bond acceptors (Lipinski definition) is 5.